The molecule has 0 saturated carbocycles. The van der Waals surface area contributed by atoms with Crippen LogP contribution in [-0.2, 0) is 24.3 Å². The van der Waals surface area contributed by atoms with Crippen LogP contribution in [0.15, 0.2) is 23.1 Å². The van der Waals surface area contributed by atoms with Crippen molar-refractivity contribution >= 4 is 16.0 Å². The molecule has 1 aromatic rings. The van der Waals surface area contributed by atoms with E-state index in [9.17, 15) is 13.2 Å². The molecule has 0 amide bonds. The summed E-state index contributed by atoms with van der Waals surface area (Å²) >= 11 is 0. The summed E-state index contributed by atoms with van der Waals surface area (Å²) in [5.74, 6) is -0.283. The Hall–Kier alpha value is -1.64. The highest BCUT2D eigenvalue weighted by Gasteiger charge is 2.29. The molecule has 1 N–H and O–H groups in total. The van der Waals surface area contributed by atoms with E-state index >= 15 is 0 Å². The fourth-order valence-electron chi connectivity index (χ4n) is 2.00. The number of rotatable bonds is 9. The van der Waals surface area contributed by atoms with Gasteiger partial charge in [0.25, 0.3) is 0 Å². The molecule has 1 aromatic carbocycles. The Bertz CT molecular complexity index is 657. The van der Waals surface area contributed by atoms with E-state index in [1.165, 1.54) is 19.2 Å². The summed E-state index contributed by atoms with van der Waals surface area (Å²) in [6, 6.07) is 3.57. The fraction of sp³-hybridized carbons (Fsp3) is 0.562. The van der Waals surface area contributed by atoms with Crippen LogP contribution in [0.1, 0.15) is 19.4 Å². The Morgan fingerprint density at radius 1 is 1.21 bits per heavy atom. The second kappa shape index (κ2) is 9.00. The topological polar surface area (TPSA) is 90.9 Å². The van der Waals surface area contributed by atoms with Crippen LogP contribution in [0.3, 0.4) is 0 Å². The van der Waals surface area contributed by atoms with Gasteiger partial charge in [0.05, 0.1) is 18.6 Å². The molecule has 0 fully saturated rings. The first-order valence-electron chi connectivity index (χ1n) is 7.55. The summed E-state index contributed by atoms with van der Waals surface area (Å²) in [5.41, 5.74) is 0.674. The van der Waals surface area contributed by atoms with Crippen LogP contribution < -0.4 is 9.46 Å². The third-order valence-corrected chi connectivity index (χ3v) is 4.84. The normalized spacial score (nSPS) is 12.9. The van der Waals surface area contributed by atoms with Crippen LogP contribution in [0, 0.1) is 12.8 Å². The number of hydrogen-bond donors (Lipinski definition) is 1. The Labute approximate surface area is 143 Å². The molecule has 0 heterocycles. The van der Waals surface area contributed by atoms with Gasteiger partial charge < -0.3 is 14.2 Å². The van der Waals surface area contributed by atoms with Gasteiger partial charge in [0, 0.05) is 7.11 Å². The van der Waals surface area contributed by atoms with E-state index in [2.05, 4.69) is 9.46 Å². The summed E-state index contributed by atoms with van der Waals surface area (Å²) in [5, 5.41) is 0. The van der Waals surface area contributed by atoms with E-state index in [0.717, 1.165) is 0 Å². The van der Waals surface area contributed by atoms with Crippen molar-refractivity contribution in [1.29, 1.82) is 0 Å². The van der Waals surface area contributed by atoms with Crippen molar-refractivity contribution in [3.8, 4) is 5.75 Å². The van der Waals surface area contributed by atoms with E-state index in [-0.39, 0.29) is 10.8 Å². The number of carbonyl (C=O) groups is 1. The van der Waals surface area contributed by atoms with Crippen molar-refractivity contribution in [2.75, 3.05) is 27.4 Å². The second-order valence-corrected chi connectivity index (χ2v) is 7.35. The lowest BCUT2D eigenvalue weighted by atomic mass is 10.1. The maximum atomic E-state index is 12.5. The van der Waals surface area contributed by atoms with Crippen molar-refractivity contribution in [2.45, 2.75) is 31.7 Å². The third-order valence-electron chi connectivity index (χ3n) is 3.41. The van der Waals surface area contributed by atoms with E-state index in [1.54, 1.807) is 33.9 Å². The molecule has 0 aliphatic heterocycles. The van der Waals surface area contributed by atoms with Crippen molar-refractivity contribution in [3.05, 3.63) is 23.8 Å². The first-order valence-corrected chi connectivity index (χ1v) is 9.03. The van der Waals surface area contributed by atoms with E-state index in [1.807, 2.05) is 0 Å². The van der Waals surface area contributed by atoms with Crippen LogP contribution >= 0.6 is 0 Å². The highest BCUT2D eigenvalue weighted by atomic mass is 32.2. The highest BCUT2D eigenvalue weighted by Crippen LogP contribution is 2.22. The number of benzene rings is 1. The SMILES string of the molecule is COCCOc1ccc(S(=O)(=O)N[C@H](C(=O)OC)C(C)C)cc1C. The minimum absolute atomic E-state index is 0.0636. The summed E-state index contributed by atoms with van der Waals surface area (Å²) in [6.45, 7) is 6.04. The average Bonchev–Trinajstić information content (AvgIpc) is 2.53. The number of esters is 1. The number of hydrogen-bond acceptors (Lipinski definition) is 6. The molecule has 7 nitrogen and oxygen atoms in total. The van der Waals surface area contributed by atoms with Gasteiger partial charge in [-0.3, -0.25) is 4.79 Å². The molecular formula is C16H25NO6S. The van der Waals surface area contributed by atoms with Crippen LogP contribution in [0.2, 0.25) is 0 Å². The van der Waals surface area contributed by atoms with Crippen LogP contribution in [0.25, 0.3) is 0 Å². The maximum Gasteiger partial charge on any atom is 0.324 e. The number of sulfonamides is 1. The van der Waals surface area contributed by atoms with Crippen LogP contribution in [-0.4, -0.2) is 47.9 Å². The molecule has 0 saturated heterocycles. The number of methoxy groups -OCH3 is 2. The first-order chi connectivity index (χ1) is 11.2. The van der Waals surface area contributed by atoms with Gasteiger partial charge in [-0.15, -0.1) is 0 Å². The molecular weight excluding hydrogens is 334 g/mol. The van der Waals surface area contributed by atoms with Crippen LogP contribution in [0.5, 0.6) is 5.75 Å². The molecule has 0 aliphatic rings. The van der Waals surface area contributed by atoms with Gasteiger partial charge in [0.1, 0.15) is 18.4 Å². The van der Waals surface area contributed by atoms with Crippen molar-refractivity contribution in [3.63, 3.8) is 0 Å². The molecule has 136 valence electrons. The average molecular weight is 359 g/mol. The van der Waals surface area contributed by atoms with E-state index in [0.29, 0.717) is 24.5 Å². The van der Waals surface area contributed by atoms with Gasteiger partial charge in [-0.2, -0.15) is 4.72 Å². The molecule has 0 unspecified atom stereocenters. The predicted molar refractivity (Wildman–Crippen MR) is 89.5 cm³/mol. The number of aryl methyl sites for hydroxylation is 1. The fourth-order valence-corrected chi connectivity index (χ4v) is 3.42. The summed E-state index contributed by atoms with van der Waals surface area (Å²) in [6.07, 6.45) is 0. The Morgan fingerprint density at radius 3 is 2.38 bits per heavy atom. The number of nitrogens with one attached hydrogen (secondary N) is 1. The summed E-state index contributed by atoms with van der Waals surface area (Å²) in [7, 11) is -1.06. The van der Waals surface area contributed by atoms with Gasteiger partial charge >= 0.3 is 5.97 Å². The number of carbonyl (C=O) groups excluding carboxylic acids is 1. The standard InChI is InChI=1S/C16H25NO6S/c1-11(2)15(16(18)22-5)17-24(19,20)13-6-7-14(12(3)10-13)23-9-8-21-4/h6-7,10-11,15,17H,8-9H2,1-5H3/t15-/m0/s1. The monoisotopic (exact) mass is 359 g/mol. The molecule has 0 aromatic heterocycles. The lowest BCUT2D eigenvalue weighted by Gasteiger charge is -2.20. The van der Waals surface area contributed by atoms with Gasteiger partial charge in [-0.1, -0.05) is 13.8 Å². The lowest BCUT2D eigenvalue weighted by molar-refractivity contribution is -0.143. The minimum Gasteiger partial charge on any atom is -0.491 e. The lowest BCUT2D eigenvalue weighted by Crippen LogP contribution is -2.44. The predicted octanol–water partition coefficient (Wildman–Crippen LogP) is 1.50. The minimum atomic E-state index is -3.86. The van der Waals surface area contributed by atoms with Gasteiger partial charge in [-0.05, 0) is 36.6 Å². The van der Waals surface area contributed by atoms with Gasteiger partial charge in [0.15, 0.2) is 0 Å². The van der Waals surface area contributed by atoms with E-state index < -0.39 is 22.0 Å². The quantitative estimate of drug-likeness (QED) is 0.531. The largest absolute Gasteiger partial charge is 0.491 e. The second-order valence-electron chi connectivity index (χ2n) is 5.63. The zero-order chi connectivity index (χ0) is 18.3. The van der Waals surface area contributed by atoms with Crippen molar-refractivity contribution < 1.29 is 27.4 Å². The molecule has 1 atom stereocenters. The Kier molecular flexibility index (Phi) is 7.65. The molecule has 24 heavy (non-hydrogen) atoms. The Morgan fingerprint density at radius 2 is 1.88 bits per heavy atom. The summed E-state index contributed by atoms with van der Waals surface area (Å²) in [4.78, 5) is 11.8. The van der Waals surface area contributed by atoms with Crippen LogP contribution in [0.4, 0.5) is 0 Å². The van der Waals surface area contributed by atoms with Gasteiger partial charge in [0.2, 0.25) is 10.0 Å². The Balaban J connectivity index is 2.98. The van der Waals surface area contributed by atoms with Crippen molar-refractivity contribution in [2.24, 2.45) is 5.92 Å². The molecule has 0 spiro atoms. The molecule has 1 rings (SSSR count). The summed E-state index contributed by atoms with van der Waals surface area (Å²) < 4.78 is 42.5. The molecule has 8 heteroatoms. The first kappa shape index (κ1) is 20.4. The zero-order valence-corrected chi connectivity index (χ0v) is 15.5. The zero-order valence-electron chi connectivity index (χ0n) is 14.7. The molecule has 0 aliphatic carbocycles. The van der Waals surface area contributed by atoms with Crippen molar-refractivity contribution in [1.82, 2.24) is 4.72 Å². The number of ether oxygens (including phenoxy) is 3. The van der Waals surface area contributed by atoms with E-state index in [4.69, 9.17) is 9.47 Å². The highest BCUT2D eigenvalue weighted by molar-refractivity contribution is 7.89. The molecule has 0 radical (unpaired) electrons. The third kappa shape index (κ3) is 5.47. The smallest absolute Gasteiger partial charge is 0.324 e. The maximum absolute atomic E-state index is 12.5. The van der Waals surface area contributed by atoms with Gasteiger partial charge in [-0.25, -0.2) is 8.42 Å². The molecule has 0 bridgehead atoms.